The van der Waals surface area contributed by atoms with E-state index < -0.39 is 0 Å². The molecule has 0 aliphatic carbocycles. The van der Waals surface area contributed by atoms with Crippen LogP contribution in [0, 0.1) is 6.92 Å². The van der Waals surface area contributed by atoms with Gasteiger partial charge in [0.05, 0.1) is 22.8 Å². The molecule has 0 unspecified atom stereocenters. The van der Waals surface area contributed by atoms with E-state index in [4.69, 9.17) is 16.3 Å². The highest BCUT2D eigenvalue weighted by Crippen LogP contribution is 2.30. The molecule has 16 heavy (non-hydrogen) atoms. The number of aryl methyl sites for hydroxylation is 1. The Morgan fingerprint density at radius 2 is 2.12 bits per heavy atom. The molecule has 0 N–H and O–H groups in total. The van der Waals surface area contributed by atoms with E-state index in [-0.39, 0.29) is 0 Å². The van der Waals surface area contributed by atoms with Gasteiger partial charge in [-0.15, -0.1) is 0 Å². The second kappa shape index (κ2) is 4.70. The van der Waals surface area contributed by atoms with Crippen molar-refractivity contribution in [1.29, 1.82) is 0 Å². The molecular weight excluding hydrogens is 289 g/mol. The molecule has 1 heterocycles. The number of ether oxygens (including phenoxy) is 1. The Morgan fingerprint density at radius 3 is 2.81 bits per heavy atom. The van der Waals surface area contributed by atoms with Crippen LogP contribution >= 0.6 is 27.5 Å². The van der Waals surface area contributed by atoms with Crippen molar-refractivity contribution in [2.75, 3.05) is 7.11 Å². The maximum Gasteiger partial charge on any atom is 0.0884 e. The molecule has 1 aromatic carbocycles. The Bertz CT molecular complexity index is 542. The zero-order valence-corrected chi connectivity index (χ0v) is 11.4. The van der Waals surface area contributed by atoms with E-state index in [1.807, 2.05) is 25.1 Å². The van der Waals surface area contributed by atoms with E-state index in [1.54, 1.807) is 7.11 Å². The van der Waals surface area contributed by atoms with Crippen LogP contribution in [0.2, 0.25) is 5.02 Å². The van der Waals surface area contributed by atoms with Gasteiger partial charge in [-0.2, -0.15) is 0 Å². The molecule has 0 fully saturated rings. The SMILES string of the molecule is COCc1cc(Cl)c2cc(C)cc(Br)c2n1. The summed E-state index contributed by atoms with van der Waals surface area (Å²) in [4.78, 5) is 4.51. The van der Waals surface area contributed by atoms with Crippen LogP contribution in [0.15, 0.2) is 22.7 Å². The topological polar surface area (TPSA) is 22.1 Å². The maximum atomic E-state index is 6.23. The zero-order chi connectivity index (χ0) is 11.7. The van der Waals surface area contributed by atoms with Crippen molar-refractivity contribution < 1.29 is 4.74 Å². The van der Waals surface area contributed by atoms with Gasteiger partial charge < -0.3 is 4.74 Å². The fraction of sp³-hybridized carbons (Fsp3) is 0.250. The average molecular weight is 301 g/mol. The summed E-state index contributed by atoms with van der Waals surface area (Å²) in [6.07, 6.45) is 0. The summed E-state index contributed by atoms with van der Waals surface area (Å²) in [6, 6.07) is 5.91. The van der Waals surface area contributed by atoms with Crippen LogP contribution < -0.4 is 0 Å². The van der Waals surface area contributed by atoms with E-state index in [1.165, 1.54) is 0 Å². The minimum absolute atomic E-state index is 0.468. The Morgan fingerprint density at radius 1 is 1.38 bits per heavy atom. The highest BCUT2D eigenvalue weighted by atomic mass is 79.9. The molecule has 0 aliphatic heterocycles. The zero-order valence-electron chi connectivity index (χ0n) is 9.05. The number of halogens is 2. The first-order chi connectivity index (χ1) is 7.61. The number of hydrogen-bond donors (Lipinski definition) is 0. The normalized spacial score (nSPS) is 11.0. The number of rotatable bonds is 2. The van der Waals surface area contributed by atoms with Crippen LogP contribution in [0.25, 0.3) is 10.9 Å². The van der Waals surface area contributed by atoms with E-state index in [0.29, 0.717) is 11.6 Å². The summed E-state index contributed by atoms with van der Waals surface area (Å²) in [7, 11) is 1.64. The van der Waals surface area contributed by atoms with Crippen LogP contribution in [0.3, 0.4) is 0 Å². The molecule has 2 nitrogen and oxygen atoms in total. The van der Waals surface area contributed by atoms with E-state index in [0.717, 1.165) is 26.6 Å². The minimum atomic E-state index is 0.468. The van der Waals surface area contributed by atoms with E-state index in [2.05, 4.69) is 20.9 Å². The number of pyridine rings is 1. The fourth-order valence-electron chi connectivity index (χ4n) is 1.65. The second-order valence-electron chi connectivity index (χ2n) is 3.67. The van der Waals surface area contributed by atoms with Crippen molar-refractivity contribution in [2.45, 2.75) is 13.5 Å². The third-order valence-corrected chi connectivity index (χ3v) is 3.22. The Labute approximate surface area is 108 Å². The molecule has 2 rings (SSSR count). The van der Waals surface area contributed by atoms with Crippen LogP contribution in [0.5, 0.6) is 0 Å². The van der Waals surface area contributed by atoms with Crippen LogP contribution in [-0.4, -0.2) is 12.1 Å². The van der Waals surface area contributed by atoms with Gasteiger partial charge in [0.2, 0.25) is 0 Å². The van der Waals surface area contributed by atoms with Crippen molar-refractivity contribution in [2.24, 2.45) is 0 Å². The molecule has 0 saturated carbocycles. The number of aromatic nitrogens is 1. The lowest BCUT2D eigenvalue weighted by Crippen LogP contribution is -1.94. The summed E-state index contributed by atoms with van der Waals surface area (Å²) in [5, 5.41) is 1.68. The van der Waals surface area contributed by atoms with Crippen molar-refractivity contribution in [3.05, 3.63) is 39.0 Å². The molecule has 0 radical (unpaired) electrons. The largest absolute Gasteiger partial charge is 0.378 e. The molecule has 0 aliphatic rings. The van der Waals surface area contributed by atoms with Crippen molar-refractivity contribution in [3.8, 4) is 0 Å². The van der Waals surface area contributed by atoms with Gasteiger partial charge in [-0.05, 0) is 46.6 Å². The predicted molar refractivity (Wildman–Crippen MR) is 69.9 cm³/mol. The number of benzene rings is 1. The lowest BCUT2D eigenvalue weighted by Gasteiger charge is -2.07. The molecule has 2 aromatic rings. The summed E-state index contributed by atoms with van der Waals surface area (Å²) in [6.45, 7) is 2.50. The van der Waals surface area contributed by atoms with Gasteiger partial charge >= 0.3 is 0 Å². The van der Waals surface area contributed by atoms with E-state index in [9.17, 15) is 0 Å². The summed E-state index contributed by atoms with van der Waals surface area (Å²) in [5.41, 5.74) is 2.87. The maximum absolute atomic E-state index is 6.23. The average Bonchev–Trinajstić information content (AvgIpc) is 2.20. The van der Waals surface area contributed by atoms with Crippen LogP contribution in [0.1, 0.15) is 11.3 Å². The van der Waals surface area contributed by atoms with Gasteiger partial charge in [0.25, 0.3) is 0 Å². The molecule has 0 spiro atoms. The van der Waals surface area contributed by atoms with Gasteiger partial charge in [-0.25, -0.2) is 4.98 Å². The summed E-state index contributed by atoms with van der Waals surface area (Å²) >= 11 is 9.73. The Balaban J connectivity index is 2.71. The first kappa shape index (κ1) is 11.8. The lowest BCUT2D eigenvalue weighted by molar-refractivity contribution is 0.182. The third kappa shape index (κ3) is 2.21. The van der Waals surface area contributed by atoms with Crippen molar-refractivity contribution in [1.82, 2.24) is 4.98 Å². The Kier molecular flexibility index (Phi) is 3.47. The van der Waals surface area contributed by atoms with Gasteiger partial charge in [-0.3, -0.25) is 0 Å². The Hall–Kier alpha value is -0.640. The van der Waals surface area contributed by atoms with Crippen molar-refractivity contribution in [3.63, 3.8) is 0 Å². The van der Waals surface area contributed by atoms with Gasteiger partial charge in [-0.1, -0.05) is 11.6 Å². The standard InChI is InChI=1S/C12H11BrClNO/c1-7-3-9-11(14)5-8(6-16-2)15-12(9)10(13)4-7/h3-5H,6H2,1-2H3. The molecule has 84 valence electrons. The fourth-order valence-corrected chi connectivity index (χ4v) is 2.59. The number of methoxy groups -OCH3 is 1. The second-order valence-corrected chi connectivity index (χ2v) is 4.93. The smallest absolute Gasteiger partial charge is 0.0884 e. The van der Waals surface area contributed by atoms with E-state index >= 15 is 0 Å². The molecule has 0 bridgehead atoms. The van der Waals surface area contributed by atoms with Crippen LogP contribution in [-0.2, 0) is 11.3 Å². The summed E-state index contributed by atoms with van der Waals surface area (Å²) < 4.78 is 6.02. The van der Waals surface area contributed by atoms with Crippen molar-refractivity contribution >= 4 is 38.4 Å². The lowest BCUT2D eigenvalue weighted by atomic mass is 10.1. The molecule has 0 saturated heterocycles. The molecule has 0 atom stereocenters. The number of nitrogens with zero attached hydrogens (tertiary/aromatic N) is 1. The van der Waals surface area contributed by atoms with Gasteiger partial charge in [0, 0.05) is 17.0 Å². The molecule has 4 heteroatoms. The molecule has 1 aromatic heterocycles. The molecular formula is C12H11BrClNO. The number of hydrogen-bond acceptors (Lipinski definition) is 2. The quantitative estimate of drug-likeness (QED) is 0.833. The highest BCUT2D eigenvalue weighted by Gasteiger charge is 2.08. The summed E-state index contributed by atoms with van der Waals surface area (Å²) in [5.74, 6) is 0. The van der Waals surface area contributed by atoms with Gasteiger partial charge in [0.1, 0.15) is 0 Å². The van der Waals surface area contributed by atoms with Gasteiger partial charge in [0.15, 0.2) is 0 Å². The highest BCUT2D eigenvalue weighted by molar-refractivity contribution is 9.10. The molecule has 0 amide bonds. The first-order valence-corrected chi connectivity index (χ1v) is 6.03. The van der Waals surface area contributed by atoms with Crippen LogP contribution in [0.4, 0.5) is 0 Å². The first-order valence-electron chi connectivity index (χ1n) is 4.86. The predicted octanol–water partition coefficient (Wildman–Crippen LogP) is 4.11. The monoisotopic (exact) mass is 299 g/mol. The minimum Gasteiger partial charge on any atom is -0.378 e. The third-order valence-electron chi connectivity index (χ3n) is 2.31. The number of fused-ring (bicyclic) bond motifs is 1.